The minimum absolute atomic E-state index is 0.133. The lowest BCUT2D eigenvalue weighted by atomic mass is 9.82. The molecule has 0 aliphatic carbocycles. The average Bonchev–Trinajstić information content (AvgIpc) is 1.78. The summed E-state index contributed by atoms with van der Waals surface area (Å²) in [6, 6.07) is 0. The van der Waals surface area contributed by atoms with E-state index >= 15 is 0 Å². The number of rotatable bonds is 3. The monoisotopic (exact) mass is 144 g/mol. The molecule has 0 unspecified atom stereocenters. The summed E-state index contributed by atoms with van der Waals surface area (Å²) in [7, 11) is 0. The van der Waals surface area contributed by atoms with Gasteiger partial charge in [0.15, 0.2) is 0 Å². The van der Waals surface area contributed by atoms with Gasteiger partial charge in [-0.25, -0.2) is 0 Å². The summed E-state index contributed by atoms with van der Waals surface area (Å²) in [5.41, 5.74) is 10.3. The van der Waals surface area contributed by atoms with E-state index in [1.165, 1.54) is 0 Å². The molecule has 10 heavy (non-hydrogen) atoms. The van der Waals surface area contributed by atoms with Crippen molar-refractivity contribution in [3.05, 3.63) is 0 Å². The highest BCUT2D eigenvalue weighted by Gasteiger charge is 2.38. The summed E-state index contributed by atoms with van der Waals surface area (Å²) < 4.78 is 4.94. The van der Waals surface area contributed by atoms with E-state index in [0.29, 0.717) is 26.2 Å². The van der Waals surface area contributed by atoms with Gasteiger partial charge in [0, 0.05) is 18.4 Å². The number of hydrogen-bond acceptors (Lipinski definition) is 3. The number of hydrogen-bond donors (Lipinski definition) is 2. The molecule has 0 saturated carbocycles. The van der Waals surface area contributed by atoms with Crippen molar-refractivity contribution in [2.75, 3.05) is 19.8 Å². The van der Waals surface area contributed by atoms with Gasteiger partial charge in [-0.3, -0.25) is 4.79 Å². The van der Waals surface area contributed by atoms with Gasteiger partial charge < -0.3 is 16.2 Å². The average molecular weight is 144 g/mol. The first-order valence-corrected chi connectivity index (χ1v) is 3.25. The van der Waals surface area contributed by atoms with Gasteiger partial charge in [-0.05, 0) is 0 Å². The molecule has 4 nitrogen and oxygen atoms in total. The largest absolute Gasteiger partial charge is 0.380 e. The van der Waals surface area contributed by atoms with Crippen LogP contribution < -0.4 is 11.5 Å². The maximum Gasteiger partial charge on any atom is 0.218 e. The minimum Gasteiger partial charge on any atom is -0.380 e. The summed E-state index contributed by atoms with van der Waals surface area (Å²) >= 11 is 0. The summed E-state index contributed by atoms with van der Waals surface area (Å²) in [6.07, 6.45) is 0.351. The van der Waals surface area contributed by atoms with Gasteiger partial charge in [0.25, 0.3) is 0 Å². The fourth-order valence-electron chi connectivity index (χ4n) is 1.05. The Morgan fingerprint density at radius 3 is 2.30 bits per heavy atom. The third-order valence-electron chi connectivity index (χ3n) is 1.80. The Bertz CT molecular complexity index is 137. The Labute approximate surface area is 59.5 Å². The third-order valence-corrected chi connectivity index (χ3v) is 1.80. The molecule has 4 N–H and O–H groups in total. The summed E-state index contributed by atoms with van der Waals surface area (Å²) in [5.74, 6) is -0.297. The molecular formula is C6H12N2O2. The van der Waals surface area contributed by atoms with Crippen LogP contribution in [0.2, 0.25) is 0 Å². The molecular weight excluding hydrogens is 132 g/mol. The van der Waals surface area contributed by atoms with Gasteiger partial charge in [0.2, 0.25) is 5.91 Å². The van der Waals surface area contributed by atoms with Crippen LogP contribution in [0, 0.1) is 5.41 Å². The van der Waals surface area contributed by atoms with E-state index in [9.17, 15) is 4.79 Å². The van der Waals surface area contributed by atoms with Gasteiger partial charge in [0.05, 0.1) is 13.2 Å². The van der Waals surface area contributed by atoms with E-state index in [-0.39, 0.29) is 11.3 Å². The van der Waals surface area contributed by atoms with Crippen LogP contribution >= 0.6 is 0 Å². The van der Waals surface area contributed by atoms with Crippen LogP contribution in [0.15, 0.2) is 0 Å². The predicted molar refractivity (Wildman–Crippen MR) is 36.1 cm³/mol. The number of amides is 1. The number of carbonyl (C=O) groups excluding carboxylic acids is 1. The molecule has 0 aromatic carbocycles. The Hall–Kier alpha value is -0.610. The maximum atomic E-state index is 10.5. The molecule has 0 spiro atoms. The van der Waals surface area contributed by atoms with Crippen molar-refractivity contribution in [3.8, 4) is 0 Å². The van der Waals surface area contributed by atoms with Crippen LogP contribution in [-0.4, -0.2) is 25.7 Å². The van der Waals surface area contributed by atoms with Gasteiger partial charge in [-0.2, -0.15) is 0 Å². The second-order valence-electron chi connectivity index (χ2n) is 2.84. The van der Waals surface area contributed by atoms with Crippen molar-refractivity contribution in [3.63, 3.8) is 0 Å². The molecule has 0 atom stereocenters. The van der Waals surface area contributed by atoms with E-state index in [4.69, 9.17) is 16.2 Å². The molecule has 0 radical (unpaired) electrons. The molecule has 1 heterocycles. The van der Waals surface area contributed by atoms with Crippen molar-refractivity contribution in [2.45, 2.75) is 6.42 Å². The Kier molecular flexibility index (Phi) is 1.92. The fraction of sp³-hybridized carbons (Fsp3) is 0.833. The molecule has 1 amide bonds. The first-order valence-electron chi connectivity index (χ1n) is 3.25. The molecule has 58 valence electrons. The van der Waals surface area contributed by atoms with Crippen LogP contribution in [0.1, 0.15) is 6.42 Å². The normalized spacial score (nSPS) is 21.7. The van der Waals surface area contributed by atoms with Crippen molar-refractivity contribution in [1.29, 1.82) is 0 Å². The van der Waals surface area contributed by atoms with Crippen molar-refractivity contribution in [1.82, 2.24) is 0 Å². The number of nitrogens with two attached hydrogens (primary N) is 2. The zero-order valence-corrected chi connectivity index (χ0v) is 5.80. The highest BCUT2D eigenvalue weighted by atomic mass is 16.5. The number of carbonyl (C=O) groups is 1. The Morgan fingerprint density at radius 1 is 1.60 bits per heavy atom. The molecule has 1 aliphatic rings. The van der Waals surface area contributed by atoms with Gasteiger partial charge in [-0.15, -0.1) is 0 Å². The highest BCUT2D eigenvalue weighted by Crippen LogP contribution is 2.29. The van der Waals surface area contributed by atoms with Gasteiger partial charge in [0.1, 0.15) is 0 Å². The number of ether oxygens (including phenoxy) is 1. The Balaban J connectivity index is 2.40. The zero-order chi connectivity index (χ0) is 7.61. The molecule has 1 rings (SSSR count). The van der Waals surface area contributed by atoms with Crippen LogP contribution in [0.5, 0.6) is 0 Å². The standard InChI is InChI=1S/C6H12N2O2/c7-2-6(1-5(8)9)3-10-4-6/h1-4,7H2,(H2,8,9). The maximum absolute atomic E-state index is 10.5. The Morgan fingerprint density at radius 2 is 2.20 bits per heavy atom. The second kappa shape index (κ2) is 2.56. The summed E-state index contributed by atoms with van der Waals surface area (Å²) in [4.78, 5) is 10.5. The van der Waals surface area contributed by atoms with E-state index in [1.54, 1.807) is 0 Å². The SMILES string of the molecule is NCC1(CC(N)=O)COC1. The van der Waals surface area contributed by atoms with E-state index in [1.807, 2.05) is 0 Å². The summed E-state index contributed by atoms with van der Waals surface area (Å²) in [5, 5.41) is 0. The minimum atomic E-state index is -0.297. The molecule has 0 bridgehead atoms. The zero-order valence-electron chi connectivity index (χ0n) is 5.80. The van der Waals surface area contributed by atoms with E-state index < -0.39 is 0 Å². The molecule has 1 saturated heterocycles. The highest BCUT2D eigenvalue weighted by molar-refractivity contribution is 5.74. The van der Waals surface area contributed by atoms with Crippen molar-refractivity contribution < 1.29 is 9.53 Å². The predicted octanol–water partition coefficient (Wildman–Crippen LogP) is -1.16. The molecule has 0 aromatic rings. The van der Waals surface area contributed by atoms with E-state index in [2.05, 4.69) is 0 Å². The first-order chi connectivity index (χ1) is 4.68. The topological polar surface area (TPSA) is 78.3 Å². The lowest BCUT2D eigenvalue weighted by molar-refractivity contribution is -0.138. The van der Waals surface area contributed by atoms with E-state index in [0.717, 1.165) is 0 Å². The van der Waals surface area contributed by atoms with Gasteiger partial charge in [-0.1, -0.05) is 0 Å². The van der Waals surface area contributed by atoms with Gasteiger partial charge >= 0.3 is 0 Å². The van der Waals surface area contributed by atoms with Crippen molar-refractivity contribution in [2.24, 2.45) is 16.9 Å². The fourth-order valence-corrected chi connectivity index (χ4v) is 1.05. The van der Waals surface area contributed by atoms with Crippen LogP contribution in [-0.2, 0) is 9.53 Å². The first kappa shape index (κ1) is 7.50. The third kappa shape index (κ3) is 1.27. The van der Waals surface area contributed by atoms with Crippen LogP contribution in [0.3, 0.4) is 0 Å². The molecule has 1 aliphatic heterocycles. The summed E-state index contributed by atoms with van der Waals surface area (Å²) in [6.45, 7) is 1.63. The molecule has 1 fully saturated rings. The number of primary amides is 1. The smallest absolute Gasteiger partial charge is 0.218 e. The second-order valence-corrected chi connectivity index (χ2v) is 2.84. The molecule has 0 aromatic heterocycles. The van der Waals surface area contributed by atoms with Crippen LogP contribution in [0.4, 0.5) is 0 Å². The quantitative estimate of drug-likeness (QED) is 0.524. The lowest BCUT2D eigenvalue weighted by Gasteiger charge is -2.39. The van der Waals surface area contributed by atoms with Crippen LogP contribution in [0.25, 0.3) is 0 Å². The van der Waals surface area contributed by atoms with Crippen molar-refractivity contribution >= 4 is 5.91 Å². The lowest BCUT2D eigenvalue weighted by Crippen LogP contribution is -2.50. The molecule has 4 heteroatoms.